The molecule has 1 rings (SSSR count). The zero-order valence-corrected chi connectivity index (χ0v) is 11.0. The van der Waals surface area contributed by atoms with Gasteiger partial charge in [-0.15, -0.1) is 0 Å². The van der Waals surface area contributed by atoms with E-state index < -0.39 is 0 Å². The molecule has 17 heavy (non-hydrogen) atoms. The minimum atomic E-state index is -0.377. The number of aliphatic hydroxyl groups excluding tert-OH is 1. The molecule has 0 atom stereocenters. The number of aryl methyl sites for hydroxylation is 1. The zero-order valence-electron chi connectivity index (χ0n) is 11.0. The van der Waals surface area contributed by atoms with Gasteiger partial charge in [-0.25, -0.2) is 0 Å². The Kier molecular flexibility index (Phi) is 4.43. The minimum absolute atomic E-state index is 0.0323. The molecule has 0 saturated carbocycles. The van der Waals surface area contributed by atoms with Crippen molar-refractivity contribution in [2.24, 2.45) is 0 Å². The SMILES string of the molecule is Cc1ccccc1C(=O)CN(C)C(C)(C)CO. The van der Waals surface area contributed by atoms with Gasteiger partial charge < -0.3 is 5.11 Å². The molecule has 0 fully saturated rings. The fourth-order valence-electron chi connectivity index (χ4n) is 1.52. The minimum Gasteiger partial charge on any atom is -0.394 e. The highest BCUT2D eigenvalue weighted by Gasteiger charge is 2.24. The Labute approximate surface area is 103 Å². The van der Waals surface area contributed by atoms with Gasteiger partial charge in [0.25, 0.3) is 0 Å². The topological polar surface area (TPSA) is 40.5 Å². The van der Waals surface area contributed by atoms with Crippen molar-refractivity contribution in [1.82, 2.24) is 4.90 Å². The summed E-state index contributed by atoms with van der Waals surface area (Å²) in [6.07, 6.45) is 0. The van der Waals surface area contributed by atoms with Crippen molar-refractivity contribution >= 4 is 5.78 Å². The van der Waals surface area contributed by atoms with E-state index in [0.717, 1.165) is 11.1 Å². The third kappa shape index (κ3) is 3.38. The summed E-state index contributed by atoms with van der Waals surface area (Å²) in [4.78, 5) is 14.0. The molecule has 1 aromatic carbocycles. The van der Waals surface area contributed by atoms with Crippen molar-refractivity contribution in [3.8, 4) is 0 Å². The van der Waals surface area contributed by atoms with Gasteiger partial charge in [0.05, 0.1) is 13.2 Å². The number of hydrogen-bond donors (Lipinski definition) is 1. The van der Waals surface area contributed by atoms with Gasteiger partial charge in [-0.2, -0.15) is 0 Å². The normalized spacial score (nSPS) is 11.9. The van der Waals surface area contributed by atoms with E-state index in [1.807, 2.05) is 57.0 Å². The van der Waals surface area contributed by atoms with Crippen LogP contribution in [0, 0.1) is 6.92 Å². The van der Waals surface area contributed by atoms with Crippen LogP contribution in [0.2, 0.25) is 0 Å². The lowest BCUT2D eigenvalue weighted by atomic mass is 10.0. The standard InChI is InChI=1S/C14H21NO2/c1-11-7-5-6-8-12(11)13(17)9-15(4)14(2,3)10-16/h5-8,16H,9-10H2,1-4H3. The largest absolute Gasteiger partial charge is 0.394 e. The highest BCUT2D eigenvalue weighted by atomic mass is 16.3. The second-order valence-corrected chi connectivity index (χ2v) is 5.06. The lowest BCUT2D eigenvalue weighted by Crippen LogP contribution is -2.46. The first-order valence-corrected chi connectivity index (χ1v) is 5.79. The molecule has 0 radical (unpaired) electrons. The third-order valence-corrected chi connectivity index (χ3v) is 3.25. The van der Waals surface area contributed by atoms with Gasteiger partial charge >= 0.3 is 0 Å². The van der Waals surface area contributed by atoms with Crippen LogP contribution in [0.5, 0.6) is 0 Å². The quantitative estimate of drug-likeness (QED) is 0.792. The molecular weight excluding hydrogens is 214 g/mol. The van der Waals surface area contributed by atoms with E-state index >= 15 is 0 Å². The molecule has 0 unspecified atom stereocenters. The molecule has 1 N–H and O–H groups in total. The lowest BCUT2D eigenvalue weighted by molar-refractivity contribution is 0.0659. The maximum Gasteiger partial charge on any atom is 0.177 e. The lowest BCUT2D eigenvalue weighted by Gasteiger charge is -2.33. The molecule has 3 nitrogen and oxygen atoms in total. The van der Waals surface area contributed by atoms with Crippen molar-refractivity contribution < 1.29 is 9.90 Å². The van der Waals surface area contributed by atoms with Crippen molar-refractivity contribution in [1.29, 1.82) is 0 Å². The average Bonchev–Trinajstić information content (AvgIpc) is 2.29. The smallest absolute Gasteiger partial charge is 0.177 e. The average molecular weight is 235 g/mol. The van der Waals surface area contributed by atoms with Crippen LogP contribution < -0.4 is 0 Å². The molecule has 94 valence electrons. The summed E-state index contributed by atoms with van der Waals surface area (Å²) in [5, 5.41) is 9.25. The number of rotatable bonds is 5. The summed E-state index contributed by atoms with van der Waals surface area (Å²) in [6, 6.07) is 7.58. The molecule has 0 heterocycles. The number of likely N-dealkylation sites (N-methyl/N-ethyl adjacent to an activating group) is 1. The number of aliphatic hydroxyl groups is 1. The molecular formula is C14H21NO2. The molecule has 0 spiro atoms. The third-order valence-electron chi connectivity index (χ3n) is 3.25. The predicted molar refractivity (Wildman–Crippen MR) is 69.3 cm³/mol. The Hall–Kier alpha value is -1.19. The first-order valence-electron chi connectivity index (χ1n) is 5.79. The first-order chi connectivity index (χ1) is 7.88. The number of Topliss-reactive ketones (excluding diaryl/α,β-unsaturated/α-hetero) is 1. The van der Waals surface area contributed by atoms with E-state index in [9.17, 15) is 9.90 Å². The number of ketones is 1. The van der Waals surface area contributed by atoms with E-state index in [1.165, 1.54) is 0 Å². The monoisotopic (exact) mass is 235 g/mol. The fourth-order valence-corrected chi connectivity index (χ4v) is 1.52. The van der Waals surface area contributed by atoms with E-state index in [0.29, 0.717) is 6.54 Å². The molecule has 0 bridgehead atoms. The fraction of sp³-hybridized carbons (Fsp3) is 0.500. The second-order valence-electron chi connectivity index (χ2n) is 5.06. The van der Waals surface area contributed by atoms with Crippen LogP contribution in [0.25, 0.3) is 0 Å². The summed E-state index contributed by atoms with van der Waals surface area (Å²) in [5.41, 5.74) is 1.37. The van der Waals surface area contributed by atoms with Gasteiger partial charge in [0.1, 0.15) is 0 Å². The summed E-state index contributed by atoms with van der Waals surface area (Å²) >= 11 is 0. The Bertz CT molecular complexity index is 399. The van der Waals surface area contributed by atoms with E-state index in [2.05, 4.69) is 0 Å². The van der Waals surface area contributed by atoms with Crippen LogP contribution in [0.4, 0.5) is 0 Å². The zero-order chi connectivity index (χ0) is 13.1. The number of carbonyl (C=O) groups excluding carboxylic acids is 1. The van der Waals surface area contributed by atoms with Gasteiger partial charge in [0.15, 0.2) is 5.78 Å². The molecule has 1 aromatic rings. The van der Waals surface area contributed by atoms with Crippen molar-refractivity contribution in [2.45, 2.75) is 26.3 Å². The van der Waals surface area contributed by atoms with Crippen LogP contribution in [0.15, 0.2) is 24.3 Å². The van der Waals surface area contributed by atoms with E-state index in [-0.39, 0.29) is 17.9 Å². The molecule has 3 heteroatoms. The van der Waals surface area contributed by atoms with Gasteiger partial charge in [0, 0.05) is 11.1 Å². The number of benzene rings is 1. The highest BCUT2D eigenvalue weighted by Crippen LogP contribution is 2.14. The highest BCUT2D eigenvalue weighted by molar-refractivity contribution is 5.98. The molecule has 0 aliphatic rings. The molecule has 0 aliphatic carbocycles. The summed E-state index contributed by atoms with van der Waals surface area (Å²) < 4.78 is 0. The van der Waals surface area contributed by atoms with Crippen molar-refractivity contribution in [2.75, 3.05) is 20.2 Å². The van der Waals surface area contributed by atoms with Gasteiger partial charge in [-0.3, -0.25) is 9.69 Å². The van der Waals surface area contributed by atoms with Gasteiger partial charge in [-0.05, 0) is 33.4 Å². The van der Waals surface area contributed by atoms with Crippen molar-refractivity contribution in [3.63, 3.8) is 0 Å². The first kappa shape index (κ1) is 13.9. The predicted octanol–water partition coefficient (Wildman–Crippen LogP) is 1.88. The molecule has 0 aromatic heterocycles. The van der Waals surface area contributed by atoms with Crippen LogP contribution in [-0.2, 0) is 0 Å². The van der Waals surface area contributed by atoms with Crippen LogP contribution in [0.1, 0.15) is 29.8 Å². The Balaban J connectivity index is 2.77. The Morgan fingerprint density at radius 3 is 2.47 bits per heavy atom. The Morgan fingerprint density at radius 1 is 1.35 bits per heavy atom. The maximum atomic E-state index is 12.1. The van der Waals surface area contributed by atoms with Gasteiger partial charge in [0.2, 0.25) is 0 Å². The molecule has 0 saturated heterocycles. The summed E-state index contributed by atoms with van der Waals surface area (Å²) in [6.45, 7) is 6.11. The Morgan fingerprint density at radius 2 is 1.94 bits per heavy atom. The van der Waals surface area contributed by atoms with Crippen molar-refractivity contribution in [3.05, 3.63) is 35.4 Å². The van der Waals surface area contributed by atoms with Crippen LogP contribution in [0.3, 0.4) is 0 Å². The van der Waals surface area contributed by atoms with Gasteiger partial charge in [-0.1, -0.05) is 24.3 Å². The molecule has 0 aliphatic heterocycles. The number of nitrogens with zero attached hydrogens (tertiary/aromatic N) is 1. The maximum absolute atomic E-state index is 12.1. The van der Waals surface area contributed by atoms with E-state index in [1.54, 1.807) is 0 Å². The second kappa shape index (κ2) is 5.43. The number of hydrogen-bond acceptors (Lipinski definition) is 3. The summed E-state index contributed by atoms with van der Waals surface area (Å²) in [5.74, 6) is 0.0899. The molecule has 0 amide bonds. The summed E-state index contributed by atoms with van der Waals surface area (Å²) in [7, 11) is 1.85. The van der Waals surface area contributed by atoms with Crippen LogP contribution in [-0.4, -0.2) is 41.5 Å². The number of carbonyl (C=O) groups is 1. The van der Waals surface area contributed by atoms with E-state index in [4.69, 9.17) is 0 Å². The van der Waals surface area contributed by atoms with Crippen LogP contribution >= 0.6 is 0 Å².